The molecule has 17 heavy (non-hydrogen) atoms. The van der Waals surface area contributed by atoms with Crippen LogP contribution in [0.5, 0.6) is 0 Å². The molecule has 0 spiro atoms. The first-order chi connectivity index (χ1) is 8.36. The van der Waals surface area contributed by atoms with Crippen molar-refractivity contribution in [1.29, 1.82) is 0 Å². The molecule has 3 aromatic heterocycles. The first kappa shape index (κ1) is 9.65. The van der Waals surface area contributed by atoms with E-state index >= 15 is 0 Å². The van der Waals surface area contributed by atoms with Crippen LogP contribution in [0.4, 0.5) is 0 Å². The van der Waals surface area contributed by atoms with Crippen molar-refractivity contribution in [3.8, 4) is 0 Å². The molecule has 0 aromatic carbocycles. The summed E-state index contributed by atoms with van der Waals surface area (Å²) in [6.45, 7) is 0. The Labute approximate surface area is 96.8 Å². The van der Waals surface area contributed by atoms with E-state index in [9.17, 15) is 4.79 Å². The standard InChI is InChI=1S/C12H8N4O/c17-12(9-5-13-8-14-6-9)10-7-15-16-4-2-1-3-11(10)16/h1-8H. The van der Waals surface area contributed by atoms with E-state index in [2.05, 4.69) is 15.1 Å². The number of nitrogens with zero attached hydrogens (tertiary/aromatic N) is 4. The van der Waals surface area contributed by atoms with Crippen LogP contribution in [-0.2, 0) is 0 Å². The molecule has 3 rings (SSSR count). The van der Waals surface area contributed by atoms with Gasteiger partial charge in [0, 0.05) is 18.6 Å². The third-order valence-electron chi connectivity index (χ3n) is 2.49. The summed E-state index contributed by atoms with van der Waals surface area (Å²) >= 11 is 0. The summed E-state index contributed by atoms with van der Waals surface area (Å²) in [6.07, 6.45) is 7.76. The Morgan fingerprint density at radius 3 is 2.76 bits per heavy atom. The molecule has 0 unspecified atom stereocenters. The SMILES string of the molecule is O=C(c1cncnc1)c1cnn2ccccc12. The average Bonchev–Trinajstić information content (AvgIpc) is 2.83. The second kappa shape index (κ2) is 3.79. The predicted molar refractivity (Wildman–Crippen MR) is 60.7 cm³/mol. The number of rotatable bonds is 2. The second-order valence-electron chi connectivity index (χ2n) is 3.54. The maximum atomic E-state index is 12.2. The Balaban J connectivity index is 2.14. The topological polar surface area (TPSA) is 60.2 Å². The first-order valence-corrected chi connectivity index (χ1v) is 5.08. The van der Waals surface area contributed by atoms with Gasteiger partial charge in [-0.25, -0.2) is 14.5 Å². The lowest BCUT2D eigenvalue weighted by Gasteiger charge is -1.97. The van der Waals surface area contributed by atoms with Crippen molar-refractivity contribution in [2.24, 2.45) is 0 Å². The van der Waals surface area contributed by atoms with Crippen molar-refractivity contribution < 1.29 is 4.79 Å². The maximum Gasteiger partial charge on any atom is 0.199 e. The Morgan fingerprint density at radius 1 is 1.12 bits per heavy atom. The summed E-state index contributed by atoms with van der Waals surface area (Å²) in [7, 11) is 0. The van der Waals surface area contributed by atoms with Crippen LogP contribution in [0, 0.1) is 0 Å². The Kier molecular flexibility index (Phi) is 2.15. The molecule has 0 N–H and O–H groups in total. The van der Waals surface area contributed by atoms with Gasteiger partial charge in [-0.15, -0.1) is 0 Å². The lowest BCUT2D eigenvalue weighted by Crippen LogP contribution is -2.01. The quantitative estimate of drug-likeness (QED) is 0.616. The third-order valence-corrected chi connectivity index (χ3v) is 2.49. The normalized spacial score (nSPS) is 10.6. The minimum atomic E-state index is -0.119. The number of carbonyl (C=O) groups excluding carboxylic acids is 1. The van der Waals surface area contributed by atoms with Crippen molar-refractivity contribution in [2.75, 3.05) is 0 Å². The fraction of sp³-hybridized carbons (Fsp3) is 0. The molecule has 0 bridgehead atoms. The lowest BCUT2D eigenvalue weighted by molar-refractivity contribution is 0.103. The summed E-state index contributed by atoms with van der Waals surface area (Å²) in [5.41, 5.74) is 1.80. The van der Waals surface area contributed by atoms with Crippen LogP contribution in [0.15, 0.2) is 49.3 Å². The minimum absolute atomic E-state index is 0.119. The van der Waals surface area contributed by atoms with Crippen LogP contribution >= 0.6 is 0 Å². The molecule has 0 fully saturated rings. The molecule has 0 aliphatic rings. The fourth-order valence-corrected chi connectivity index (χ4v) is 1.68. The van der Waals surface area contributed by atoms with E-state index in [1.54, 1.807) is 16.9 Å². The van der Waals surface area contributed by atoms with Crippen molar-refractivity contribution in [1.82, 2.24) is 19.6 Å². The van der Waals surface area contributed by atoms with Crippen molar-refractivity contribution >= 4 is 11.3 Å². The summed E-state index contributed by atoms with van der Waals surface area (Å²) < 4.78 is 1.66. The number of hydrogen-bond donors (Lipinski definition) is 0. The van der Waals surface area contributed by atoms with Gasteiger partial charge in [0.1, 0.15) is 6.33 Å². The van der Waals surface area contributed by atoms with Crippen LogP contribution in [0.25, 0.3) is 5.52 Å². The molecule has 0 atom stereocenters. The molecule has 0 aliphatic heterocycles. The van der Waals surface area contributed by atoms with Crippen LogP contribution in [0.1, 0.15) is 15.9 Å². The van der Waals surface area contributed by atoms with E-state index in [1.165, 1.54) is 18.7 Å². The Morgan fingerprint density at radius 2 is 1.94 bits per heavy atom. The average molecular weight is 224 g/mol. The third kappa shape index (κ3) is 1.57. The number of ketones is 1. The van der Waals surface area contributed by atoms with Crippen molar-refractivity contribution in [3.63, 3.8) is 0 Å². The number of aromatic nitrogens is 4. The smallest absolute Gasteiger partial charge is 0.199 e. The van der Waals surface area contributed by atoms with Gasteiger partial charge in [0.25, 0.3) is 0 Å². The number of pyridine rings is 1. The molecule has 3 aromatic rings. The zero-order valence-electron chi connectivity index (χ0n) is 8.82. The van der Waals surface area contributed by atoms with Crippen LogP contribution < -0.4 is 0 Å². The molecule has 0 saturated carbocycles. The molecular weight excluding hydrogens is 216 g/mol. The highest BCUT2D eigenvalue weighted by atomic mass is 16.1. The van der Waals surface area contributed by atoms with Gasteiger partial charge in [0.15, 0.2) is 5.78 Å². The molecule has 3 heterocycles. The maximum absolute atomic E-state index is 12.2. The molecule has 0 amide bonds. The zero-order valence-corrected chi connectivity index (χ0v) is 8.82. The van der Waals surface area contributed by atoms with E-state index in [0.29, 0.717) is 11.1 Å². The Bertz CT molecular complexity index is 675. The van der Waals surface area contributed by atoms with Gasteiger partial charge in [-0.3, -0.25) is 4.79 Å². The largest absolute Gasteiger partial charge is 0.288 e. The van der Waals surface area contributed by atoms with Gasteiger partial charge < -0.3 is 0 Å². The highest BCUT2D eigenvalue weighted by Crippen LogP contribution is 2.14. The van der Waals surface area contributed by atoms with E-state index in [1.807, 2.05) is 18.2 Å². The van der Waals surface area contributed by atoms with Crippen molar-refractivity contribution in [2.45, 2.75) is 0 Å². The van der Waals surface area contributed by atoms with Gasteiger partial charge >= 0.3 is 0 Å². The molecular formula is C12H8N4O. The van der Waals surface area contributed by atoms with E-state index in [-0.39, 0.29) is 5.78 Å². The second-order valence-corrected chi connectivity index (χ2v) is 3.54. The number of carbonyl (C=O) groups is 1. The molecule has 0 aliphatic carbocycles. The van der Waals surface area contributed by atoms with Gasteiger partial charge in [0.05, 0.1) is 22.8 Å². The highest BCUT2D eigenvalue weighted by Gasteiger charge is 2.14. The fourth-order valence-electron chi connectivity index (χ4n) is 1.68. The number of hydrogen-bond acceptors (Lipinski definition) is 4. The van der Waals surface area contributed by atoms with Crippen LogP contribution in [0.3, 0.4) is 0 Å². The molecule has 0 radical (unpaired) electrons. The van der Waals surface area contributed by atoms with Crippen molar-refractivity contribution in [3.05, 3.63) is 60.4 Å². The molecule has 5 nitrogen and oxygen atoms in total. The van der Waals surface area contributed by atoms with Gasteiger partial charge in [-0.05, 0) is 12.1 Å². The molecule has 5 heteroatoms. The monoisotopic (exact) mass is 224 g/mol. The molecule has 82 valence electrons. The van der Waals surface area contributed by atoms with Gasteiger partial charge in [0.2, 0.25) is 0 Å². The van der Waals surface area contributed by atoms with Crippen LogP contribution in [-0.4, -0.2) is 25.4 Å². The van der Waals surface area contributed by atoms with Gasteiger partial charge in [-0.1, -0.05) is 6.07 Å². The van der Waals surface area contributed by atoms with E-state index in [0.717, 1.165) is 5.52 Å². The van der Waals surface area contributed by atoms with Gasteiger partial charge in [-0.2, -0.15) is 5.10 Å². The van der Waals surface area contributed by atoms with Crippen LogP contribution in [0.2, 0.25) is 0 Å². The Hall–Kier alpha value is -2.56. The summed E-state index contributed by atoms with van der Waals surface area (Å²) in [6, 6.07) is 5.58. The summed E-state index contributed by atoms with van der Waals surface area (Å²) in [5.74, 6) is -0.119. The number of fused-ring (bicyclic) bond motifs is 1. The van der Waals surface area contributed by atoms with E-state index in [4.69, 9.17) is 0 Å². The summed E-state index contributed by atoms with van der Waals surface area (Å²) in [4.78, 5) is 19.9. The lowest BCUT2D eigenvalue weighted by atomic mass is 10.1. The minimum Gasteiger partial charge on any atom is -0.288 e. The predicted octanol–water partition coefficient (Wildman–Crippen LogP) is 1.36. The highest BCUT2D eigenvalue weighted by molar-refractivity contribution is 6.12. The molecule has 0 saturated heterocycles. The summed E-state index contributed by atoms with van der Waals surface area (Å²) in [5, 5.41) is 4.12. The first-order valence-electron chi connectivity index (χ1n) is 5.08. The zero-order chi connectivity index (χ0) is 11.7. The van der Waals surface area contributed by atoms with E-state index < -0.39 is 0 Å².